The van der Waals surface area contributed by atoms with E-state index in [0.29, 0.717) is 6.42 Å². The van der Waals surface area contributed by atoms with Crippen molar-refractivity contribution in [1.82, 2.24) is 0 Å². The van der Waals surface area contributed by atoms with Crippen LogP contribution in [-0.2, 0) is 26.3 Å². The Kier molecular flexibility index (Phi) is 13.3. The second-order valence-corrected chi connectivity index (χ2v) is 2.74. The van der Waals surface area contributed by atoms with Gasteiger partial charge in [0.25, 0.3) is 0 Å². The fraction of sp³-hybridized carbons (Fsp3) is 0.889. The molecule has 1 radical (unpaired) electrons. The standard InChI is InChI=1S/C9H18O2.Co/c1-3-4-5-6-7-8-9(10)11-2;/h3-8H2,1-2H3;. The van der Waals surface area contributed by atoms with Gasteiger partial charge in [0.2, 0.25) is 0 Å². The smallest absolute Gasteiger partial charge is 0.305 e. The molecule has 12 heavy (non-hydrogen) atoms. The number of hydrogen-bond acceptors (Lipinski definition) is 2. The van der Waals surface area contributed by atoms with Crippen molar-refractivity contribution < 1.29 is 26.3 Å². The summed E-state index contributed by atoms with van der Waals surface area (Å²) in [4.78, 5) is 10.6. The van der Waals surface area contributed by atoms with Crippen LogP contribution in [-0.4, -0.2) is 13.1 Å². The molecule has 0 heterocycles. The van der Waals surface area contributed by atoms with Gasteiger partial charge in [0.05, 0.1) is 7.11 Å². The molecule has 0 aromatic rings. The molecular weight excluding hydrogens is 199 g/mol. The number of methoxy groups -OCH3 is 1. The van der Waals surface area contributed by atoms with Gasteiger partial charge in [0, 0.05) is 23.2 Å². The first-order valence-electron chi connectivity index (χ1n) is 4.38. The van der Waals surface area contributed by atoms with Crippen molar-refractivity contribution in [3.8, 4) is 0 Å². The molecule has 0 aromatic heterocycles. The summed E-state index contributed by atoms with van der Waals surface area (Å²) in [7, 11) is 1.44. The van der Waals surface area contributed by atoms with E-state index in [1.165, 1.54) is 26.4 Å². The average molecular weight is 217 g/mol. The maximum atomic E-state index is 10.6. The Morgan fingerprint density at radius 2 is 1.75 bits per heavy atom. The van der Waals surface area contributed by atoms with E-state index in [1.807, 2.05) is 0 Å². The van der Waals surface area contributed by atoms with Crippen LogP contribution in [0.2, 0.25) is 0 Å². The third-order valence-corrected chi connectivity index (χ3v) is 1.71. The molecular formula is C9H18CoO2. The quantitative estimate of drug-likeness (QED) is 0.504. The third kappa shape index (κ3) is 9.98. The van der Waals surface area contributed by atoms with E-state index < -0.39 is 0 Å². The van der Waals surface area contributed by atoms with Crippen LogP contribution >= 0.6 is 0 Å². The molecule has 0 aliphatic rings. The Balaban J connectivity index is 0. The van der Waals surface area contributed by atoms with Gasteiger partial charge in [-0.25, -0.2) is 0 Å². The van der Waals surface area contributed by atoms with Crippen molar-refractivity contribution in [2.45, 2.75) is 45.4 Å². The number of rotatable bonds is 6. The summed E-state index contributed by atoms with van der Waals surface area (Å²) in [5.74, 6) is -0.0819. The summed E-state index contributed by atoms with van der Waals surface area (Å²) in [6, 6.07) is 0. The van der Waals surface area contributed by atoms with Gasteiger partial charge >= 0.3 is 5.97 Å². The first-order valence-corrected chi connectivity index (χ1v) is 4.38. The second kappa shape index (κ2) is 11.0. The van der Waals surface area contributed by atoms with Crippen LogP contribution in [0.5, 0.6) is 0 Å². The number of carbonyl (C=O) groups excluding carboxylic acids is 1. The van der Waals surface area contributed by atoms with Gasteiger partial charge in [-0.15, -0.1) is 0 Å². The topological polar surface area (TPSA) is 26.3 Å². The molecule has 0 aliphatic carbocycles. The van der Waals surface area contributed by atoms with E-state index in [-0.39, 0.29) is 22.7 Å². The van der Waals surface area contributed by atoms with Gasteiger partial charge in [-0.05, 0) is 6.42 Å². The minimum Gasteiger partial charge on any atom is -0.469 e. The Morgan fingerprint density at radius 1 is 1.17 bits per heavy atom. The predicted octanol–water partition coefficient (Wildman–Crippen LogP) is 2.52. The van der Waals surface area contributed by atoms with E-state index in [0.717, 1.165) is 12.8 Å². The van der Waals surface area contributed by atoms with E-state index in [9.17, 15) is 4.79 Å². The van der Waals surface area contributed by atoms with Gasteiger partial charge in [-0.3, -0.25) is 4.79 Å². The zero-order valence-electron chi connectivity index (χ0n) is 7.89. The molecule has 75 valence electrons. The molecule has 0 unspecified atom stereocenters. The average Bonchev–Trinajstić information content (AvgIpc) is 2.04. The Labute approximate surface area is 85.3 Å². The molecule has 0 fully saturated rings. The van der Waals surface area contributed by atoms with E-state index in [2.05, 4.69) is 11.7 Å². The van der Waals surface area contributed by atoms with E-state index in [4.69, 9.17) is 0 Å². The van der Waals surface area contributed by atoms with E-state index >= 15 is 0 Å². The van der Waals surface area contributed by atoms with Crippen LogP contribution in [0.4, 0.5) is 0 Å². The molecule has 0 bridgehead atoms. The molecule has 3 heteroatoms. The fourth-order valence-electron chi connectivity index (χ4n) is 0.975. The summed E-state index contributed by atoms with van der Waals surface area (Å²) in [5.41, 5.74) is 0. The second-order valence-electron chi connectivity index (χ2n) is 2.74. The molecule has 0 N–H and O–H groups in total. The van der Waals surface area contributed by atoms with Crippen LogP contribution in [0.15, 0.2) is 0 Å². The van der Waals surface area contributed by atoms with Crippen LogP contribution < -0.4 is 0 Å². The van der Waals surface area contributed by atoms with Crippen LogP contribution in [0.1, 0.15) is 45.4 Å². The minimum atomic E-state index is -0.0819. The van der Waals surface area contributed by atoms with E-state index in [1.54, 1.807) is 0 Å². The zero-order chi connectivity index (χ0) is 8.53. The first kappa shape index (κ1) is 14.5. The molecule has 2 nitrogen and oxygen atoms in total. The molecule has 0 saturated carbocycles. The number of ether oxygens (including phenoxy) is 1. The van der Waals surface area contributed by atoms with Crippen molar-refractivity contribution in [2.75, 3.05) is 7.11 Å². The normalized spacial score (nSPS) is 8.83. The molecule has 0 aliphatic heterocycles. The maximum absolute atomic E-state index is 10.6. The fourth-order valence-corrected chi connectivity index (χ4v) is 0.975. The first-order chi connectivity index (χ1) is 5.31. The Bertz CT molecular complexity index is 105. The Morgan fingerprint density at radius 3 is 2.25 bits per heavy atom. The molecule has 0 saturated heterocycles. The molecule has 0 amide bonds. The molecule has 0 atom stereocenters. The van der Waals surface area contributed by atoms with Gasteiger partial charge < -0.3 is 4.74 Å². The van der Waals surface area contributed by atoms with Crippen LogP contribution in [0.3, 0.4) is 0 Å². The monoisotopic (exact) mass is 217 g/mol. The number of esters is 1. The maximum Gasteiger partial charge on any atom is 0.305 e. The SMILES string of the molecule is CCCCCCCC(=O)OC.[Co]. The number of carbonyl (C=O) groups is 1. The summed E-state index contributed by atoms with van der Waals surface area (Å²) in [6.07, 6.45) is 6.49. The number of hydrogen-bond donors (Lipinski definition) is 0. The summed E-state index contributed by atoms with van der Waals surface area (Å²) in [5, 5.41) is 0. The van der Waals surface area contributed by atoms with Gasteiger partial charge in [-0.1, -0.05) is 32.6 Å². The predicted molar refractivity (Wildman–Crippen MR) is 45.4 cm³/mol. The number of unbranched alkanes of at least 4 members (excludes halogenated alkanes) is 4. The zero-order valence-corrected chi connectivity index (χ0v) is 8.93. The van der Waals surface area contributed by atoms with Crippen molar-refractivity contribution in [2.24, 2.45) is 0 Å². The summed E-state index contributed by atoms with van der Waals surface area (Å²) in [6.45, 7) is 2.18. The van der Waals surface area contributed by atoms with Crippen LogP contribution in [0, 0.1) is 0 Å². The largest absolute Gasteiger partial charge is 0.469 e. The molecule has 0 spiro atoms. The summed E-state index contributed by atoms with van der Waals surface area (Å²) < 4.78 is 4.52. The van der Waals surface area contributed by atoms with Crippen LogP contribution in [0.25, 0.3) is 0 Å². The minimum absolute atomic E-state index is 0. The molecule has 0 aromatic carbocycles. The van der Waals surface area contributed by atoms with Gasteiger partial charge in [0.15, 0.2) is 0 Å². The Hall–Kier alpha value is -0.0235. The van der Waals surface area contributed by atoms with Crippen molar-refractivity contribution >= 4 is 5.97 Å². The molecule has 0 rings (SSSR count). The van der Waals surface area contributed by atoms with Gasteiger partial charge in [0.1, 0.15) is 0 Å². The van der Waals surface area contributed by atoms with Crippen molar-refractivity contribution in [3.63, 3.8) is 0 Å². The van der Waals surface area contributed by atoms with Crippen molar-refractivity contribution in [1.29, 1.82) is 0 Å². The van der Waals surface area contributed by atoms with Gasteiger partial charge in [-0.2, -0.15) is 0 Å². The summed E-state index contributed by atoms with van der Waals surface area (Å²) >= 11 is 0. The van der Waals surface area contributed by atoms with Crippen molar-refractivity contribution in [3.05, 3.63) is 0 Å². The third-order valence-electron chi connectivity index (χ3n) is 1.71.